The minimum Gasteiger partial charge on any atom is -0.309 e. The molecule has 0 heterocycles. The van der Waals surface area contributed by atoms with Crippen LogP contribution in [0.3, 0.4) is 0 Å². The van der Waals surface area contributed by atoms with E-state index in [1.165, 1.54) is 5.56 Å². The van der Waals surface area contributed by atoms with Gasteiger partial charge in [-0.1, -0.05) is 36.4 Å². The Bertz CT molecular complexity index is 661. The molecule has 1 saturated carbocycles. The first kappa shape index (κ1) is 14.2. The largest absolute Gasteiger partial charge is 0.309 e. The highest BCUT2D eigenvalue weighted by Gasteiger charge is 2.37. The normalized spacial score (nSPS) is 20.2. The Hall–Kier alpha value is -1.72. The molecule has 1 aliphatic rings. The summed E-state index contributed by atoms with van der Waals surface area (Å²) in [5.41, 5.74) is 2.41. The molecule has 0 aromatic heterocycles. The number of rotatable bonds is 5. The maximum absolute atomic E-state index is 10.9. The first-order chi connectivity index (χ1) is 10.1. The van der Waals surface area contributed by atoms with Crippen molar-refractivity contribution in [3.63, 3.8) is 0 Å². The molecule has 1 N–H and O–H groups in total. The first-order valence-electron chi connectivity index (χ1n) is 6.86. The van der Waals surface area contributed by atoms with Crippen molar-refractivity contribution in [2.75, 3.05) is 0 Å². The van der Waals surface area contributed by atoms with Crippen LogP contribution in [0.1, 0.15) is 23.5 Å². The van der Waals surface area contributed by atoms with Crippen molar-refractivity contribution in [3.8, 4) is 0 Å². The van der Waals surface area contributed by atoms with Crippen LogP contribution in [-0.4, -0.2) is 11.0 Å². The summed E-state index contributed by atoms with van der Waals surface area (Å²) in [6, 6.07) is 16.2. The Morgan fingerprint density at radius 1 is 1.24 bits per heavy atom. The zero-order chi connectivity index (χ0) is 14.8. The van der Waals surface area contributed by atoms with Gasteiger partial charge in [-0.15, -0.1) is 0 Å². The molecule has 0 spiro atoms. The fraction of sp³-hybridized carbons (Fsp3) is 0.250. The molecule has 2 unspecified atom stereocenters. The van der Waals surface area contributed by atoms with E-state index in [0.717, 1.165) is 12.0 Å². The van der Waals surface area contributed by atoms with Crippen LogP contribution in [-0.2, 0) is 6.54 Å². The van der Waals surface area contributed by atoms with Gasteiger partial charge < -0.3 is 5.32 Å². The molecule has 0 saturated heterocycles. The zero-order valence-corrected chi connectivity index (χ0v) is 12.9. The standard InChI is InChI=1S/C16H15BrN2O2/c17-14-7-6-11(8-16(14)19(20)21)10-18-15-9-13(15)12-4-2-1-3-5-12/h1-8,13,15,18H,9-10H2. The summed E-state index contributed by atoms with van der Waals surface area (Å²) in [7, 11) is 0. The third kappa shape index (κ3) is 3.31. The molecule has 1 fully saturated rings. The van der Waals surface area contributed by atoms with E-state index < -0.39 is 0 Å². The molecule has 2 aromatic rings. The summed E-state index contributed by atoms with van der Waals surface area (Å²) in [6.07, 6.45) is 1.13. The van der Waals surface area contributed by atoms with Crippen LogP contribution in [0.15, 0.2) is 53.0 Å². The van der Waals surface area contributed by atoms with Gasteiger partial charge in [0, 0.05) is 24.6 Å². The Labute approximate surface area is 131 Å². The number of nitrogens with zero attached hydrogens (tertiary/aromatic N) is 1. The number of hydrogen-bond acceptors (Lipinski definition) is 3. The van der Waals surface area contributed by atoms with Crippen LogP contribution in [0.4, 0.5) is 5.69 Å². The number of nitro benzene ring substituents is 1. The van der Waals surface area contributed by atoms with Gasteiger partial charge in [0.05, 0.1) is 9.40 Å². The van der Waals surface area contributed by atoms with Crippen LogP contribution in [0, 0.1) is 10.1 Å². The Balaban J connectivity index is 1.60. The van der Waals surface area contributed by atoms with Crippen LogP contribution in [0.2, 0.25) is 0 Å². The summed E-state index contributed by atoms with van der Waals surface area (Å²) < 4.78 is 0.518. The number of hydrogen-bond donors (Lipinski definition) is 1. The van der Waals surface area contributed by atoms with Crippen LogP contribution < -0.4 is 5.32 Å². The molecule has 5 heteroatoms. The highest BCUT2D eigenvalue weighted by atomic mass is 79.9. The van der Waals surface area contributed by atoms with E-state index in [9.17, 15) is 10.1 Å². The summed E-state index contributed by atoms with van der Waals surface area (Å²) in [5.74, 6) is 0.566. The first-order valence-corrected chi connectivity index (χ1v) is 7.65. The van der Waals surface area contributed by atoms with Crippen molar-refractivity contribution in [3.05, 3.63) is 74.2 Å². The molecule has 1 aliphatic carbocycles. The van der Waals surface area contributed by atoms with Gasteiger partial charge in [0.2, 0.25) is 0 Å². The summed E-state index contributed by atoms with van der Waals surface area (Å²) >= 11 is 3.20. The van der Waals surface area contributed by atoms with Crippen molar-refractivity contribution >= 4 is 21.6 Å². The molecular weight excluding hydrogens is 332 g/mol. The fourth-order valence-electron chi connectivity index (χ4n) is 2.55. The van der Waals surface area contributed by atoms with Crippen LogP contribution in [0.25, 0.3) is 0 Å². The lowest BCUT2D eigenvalue weighted by Gasteiger charge is -2.05. The molecule has 2 aromatic carbocycles. The molecular formula is C16H15BrN2O2. The average molecular weight is 347 g/mol. The summed E-state index contributed by atoms with van der Waals surface area (Å²) in [4.78, 5) is 10.6. The van der Waals surface area contributed by atoms with E-state index >= 15 is 0 Å². The molecule has 0 amide bonds. The van der Waals surface area contributed by atoms with E-state index in [-0.39, 0.29) is 10.6 Å². The van der Waals surface area contributed by atoms with Gasteiger partial charge in [-0.2, -0.15) is 0 Å². The van der Waals surface area contributed by atoms with Gasteiger partial charge in [-0.05, 0) is 39.5 Å². The van der Waals surface area contributed by atoms with Gasteiger partial charge in [0.1, 0.15) is 0 Å². The lowest BCUT2D eigenvalue weighted by Crippen LogP contribution is -2.17. The Morgan fingerprint density at radius 3 is 2.71 bits per heavy atom. The average Bonchev–Trinajstić information content (AvgIpc) is 3.27. The molecule has 2 atom stereocenters. The summed E-state index contributed by atoms with van der Waals surface area (Å²) in [5, 5.41) is 14.4. The molecule has 0 bridgehead atoms. The zero-order valence-electron chi connectivity index (χ0n) is 11.3. The quantitative estimate of drug-likeness (QED) is 0.657. The third-order valence-corrected chi connectivity index (χ3v) is 4.46. The van der Waals surface area contributed by atoms with Crippen LogP contribution in [0.5, 0.6) is 0 Å². The lowest BCUT2D eigenvalue weighted by molar-refractivity contribution is -0.385. The third-order valence-electron chi connectivity index (χ3n) is 3.79. The highest BCUT2D eigenvalue weighted by Crippen LogP contribution is 2.40. The second kappa shape index (κ2) is 5.95. The second-order valence-corrected chi connectivity index (χ2v) is 6.14. The van der Waals surface area contributed by atoms with E-state index in [0.29, 0.717) is 23.0 Å². The van der Waals surface area contributed by atoms with E-state index in [2.05, 4.69) is 45.5 Å². The van der Waals surface area contributed by atoms with E-state index in [1.807, 2.05) is 12.1 Å². The molecule has 0 aliphatic heterocycles. The SMILES string of the molecule is O=[N+]([O-])c1cc(CNC2CC2c2ccccc2)ccc1Br. The monoisotopic (exact) mass is 346 g/mol. The van der Waals surface area contributed by atoms with Crippen molar-refractivity contribution in [2.45, 2.75) is 24.9 Å². The molecule has 21 heavy (non-hydrogen) atoms. The molecule has 0 radical (unpaired) electrons. The van der Waals surface area contributed by atoms with Gasteiger partial charge in [-0.3, -0.25) is 10.1 Å². The number of nitrogens with one attached hydrogen (secondary N) is 1. The van der Waals surface area contributed by atoms with Gasteiger partial charge in [-0.25, -0.2) is 0 Å². The minimum absolute atomic E-state index is 0.115. The number of halogens is 1. The number of benzene rings is 2. The maximum Gasteiger partial charge on any atom is 0.283 e. The molecule has 108 valence electrons. The van der Waals surface area contributed by atoms with Crippen molar-refractivity contribution < 1.29 is 4.92 Å². The minimum atomic E-state index is -0.364. The highest BCUT2D eigenvalue weighted by molar-refractivity contribution is 9.10. The Kier molecular flexibility index (Phi) is 4.03. The van der Waals surface area contributed by atoms with Gasteiger partial charge in [0.15, 0.2) is 0 Å². The van der Waals surface area contributed by atoms with Crippen molar-refractivity contribution in [2.24, 2.45) is 0 Å². The topological polar surface area (TPSA) is 55.2 Å². The predicted molar refractivity (Wildman–Crippen MR) is 85.2 cm³/mol. The van der Waals surface area contributed by atoms with E-state index in [1.54, 1.807) is 12.1 Å². The van der Waals surface area contributed by atoms with Gasteiger partial charge >= 0.3 is 0 Å². The maximum atomic E-state index is 10.9. The van der Waals surface area contributed by atoms with Crippen molar-refractivity contribution in [1.29, 1.82) is 0 Å². The lowest BCUT2D eigenvalue weighted by atomic mass is 10.1. The second-order valence-electron chi connectivity index (χ2n) is 5.28. The predicted octanol–water partition coefficient (Wildman–Crippen LogP) is 4.00. The van der Waals surface area contributed by atoms with Crippen molar-refractivity contribution in [1.82, 2.24) is 5.32 Å². The Morgan fingerprint density at radius 2 is 2.00 bits per heavy atom. The van der Waals surface area contributed by atoms with E-state index in [4.69, 9.17) is 0 Å². The molecule has 3 rings (SSSR count). The summed E-state index contributed by atoms with van der Waals surface area (Å²) in [6.45, 7) is 0.655. The van der Waals surface area contributed by atoms with Gasteiger partial charge in [0.25, 0.3) is 5.69 Å². The molecule has 4 nitrogen and oxygen atoms in total. The van der Waals surface area contributed by atoms with Crippen LogP contribution >= 0.6 is 15.9 Å². The smallest absolute Gasteiger partial charge is 0.283 e. The fourth-order valence-corrected chi connectivity index (χ4v) is 2.94. The number of nitro groups is 1.